The lowest BCUT2D eigenvalue weighted by Gasteiger charge is -2.18. The molecule has 114 valence electrons. The molecule has 2 nitrogen and oxygen atoms in total. The number of aryl methyl sites for hydroxylation is 1. The standard InChI is InChI=1S/C19H27NO/c1-5-11-20-18(19-15(4)10-12-21-19)17-8-6-16(7-9-17)13-14(2)3/h6-10,12,14,18,20H,5,11,13H2,1-4H3. The number of benzene rings is 1. The van der Waals surface area contributed by atoms with Crippen molar-refractivity contribution in [1.82, 2.24) is 5.32 Å². The molecule has 2 rings (SSSR count). The van der Waals surface area contributed by atoms with E-state index < -0.39 is 0 Å². The second-order valence-corrected chi connectivity index (χ2v) is 6.19. The molecular formula is C19H27NO. The van der Waals surface area contributed by atoms with Crippen molar-refractivity contribution in [2.45, 2.75) is 46.6 Å². The molecule has 0 amide bonds. The maximum atomic E-state index is 5.71. The summed E-state index contributed by atoms with van der Waals surface area (Å²) in [6.45, 7) is 9.79. The molecule has 0 saturated heterocycles. The summed E-state index contributed by atoms with van der Waals surface area (Å²) in [6.07, 6.45) is 4.02. The summed E-state index contributed by atoms with van der Waals surface area (Å²) >= 11 is 0. The number of hydrogen-bond donors (Lipinski definition) is 1. The zero-order valence-electron chi connectivity index (χ0n) is 13.6. The topological polar surface area (TPSA) is 25.2 Å². The highest BCUT2D eigenvalue weighted by Crippen LogP contribution is 2.26. The molecule has 0 bridgehead atoms. The fraction of sp³-hybridized carbons (Fsp3) is 0.474. The van der Waals surface area contributed by atoms with Crippen LogP contribution in [0.1, 0.15) is 55.7 Å². The summed E-state index contributed by atoms with van der Waals surface area (Å²) in [4.78, 5) is 0. The van der Waals surface area contributed by atoms with Gasteiger partial charge in [0.1, 0.15) is 5.76 Å². The molecule has 0 aliphatic rings. The highest BCUT2D eigenvalue weighted by molar-refractivity contribution is 5.33. The van der Waals surface area contributed by atoms with Gasteiger partial charge in [-0.1, -0.05) is 45.0 Å². The predicted molar refractivity (Wildman–Crippen MR) is 88.6 cm³/mol. The Labute approximate surface area is 128 Å². The van der Waals surface area contributed by atoms with E-state index in [1.54, 1.807) is 6.26 Å². The molecule has 2 heteroatoms. The Balaban J connectivity index is 2.22. The van der Waals surface area contributed by atoms with E-state index in [4.69, 9.17) is 4.42 Å². The molecule has 0 saturated carbocycles. The summed E-state index contributed by atoms with van der Waals surface area (Å²) in [5.41, 5.74) is 3.88. The van der Waals surface area contributed by atoms with Crippen molar-refractivity contribution in [3.05, 3.63) is 59.0 Å². The van der Waals surface area contributed by atoms with Crippen LogP contribution in [-0.4, -0.2) is 6.54 Å². The Hall–Kier alpha value is -1.54. The van der Waals surface area contributed by atoms with Crippen molar-refractivity contribution in [1.29, 1.82) is 0 Å². The monoisotopic (exact) mass is 285 g/mol. The van der Waals surface area contributed by atoms with Gasteiger partial charge < -0.3 is 9.73 Å². The Morgan fingerprint density at radius 1 is 1.10 bits per heavy atom. The van der Waals surface area contributed by atoms with E-state index in [2.05, 4.69) is 57.3 Å². The third-order valence-corrected chi connectivity index (χ3v) is 3.72. The smallest absolute Gasteiger partial charge is 0.128 e. The van der Waals surface area contributed by atoms with Gasteiger partial charge in [0.15, 0.2) is 0 Å². The number of rotatable bonds is 7. The number of furan rings is 1. The van der Waals surface area contributed by atoms with Crippen LogP contribution in [0, 0.1) is 12.8 Å². The summed E-state index contributed by atoms with van der Waals surface area (Å²) < 4.78 is 5.71. The lowest BCUT2D eigenvalue weighted by atomic mass is 9.97. The SMILES string of the molecule is CCCNC(c1ccc(CC(C)C)cc1)c1occc1C. The van der Waals surface area contributed by atoms with Crippen LogP contribution in [0.2, 0.25) is 0 Å². The second kappa shape index (κ2) is 7.46. The van der Waals surface area contributed by atoms with Crippen LogP contribution in [0.25, 0.3) is 0 Å². The van der Waals surface area contributed by atoms with Crippen LogP contribution in [-0.2, 0) is 6.42 Å². The fourth-order valence-electron chi connectivity index (χ4n) is 2.65. The number of hydrogen-bond acceptors (Lipinski definition) is 2. The minimum atomic E-state index is 0.146. The lowest BCUT2D eigenvalue weighted by Crippen LogP contribution is -2.23. The van der Waals surface area contributed by atoms with Gasteiger partial charge in [0.25, 0.3) is 0 Å². The van der Waals surface area contributed by atoms with Gasteiger partial charge in [0, 0.05) is 0 Å². The van der Waals surface area contributed by atoms with E-state index in [1.807, 2.05) is 6.07 Å². The van der Waals surface area contributed by atoms with Crippen LogP contribution >= 0.6 is 0 Å². The van der Waals surface area contributed by atoms with Crippen LogP contribution in [0.3, 0.4) is 0 Å². The molecule has 0 aliphatic heterocycles. The van der Waals surface area contributed by atoms with Gasteiger partial charge in [-0.2, -0.15) is 0 Å². The summed E-state index contributed by atoms with van der Waals surface area (Å²) in [5.74, 6) is 1.72. The molecule has 1 unspecified atom stereocenters. The van der Waals surface area contributed by atoms with E-state index in [1.165, 1.54) is 16.7 Å². The molecular weight excluding hydrogens is 258 g/mol. The Morgan fingerprint density at radius 2 is 1.81 bits per heavy atom. The van der Waals surface area contributed by atoms with Crippen molar-refractivity contribution in [2.75, 3.05) is 6.54 Å². The van der Waals surface area contributed by atoms with Crippen molar-refractivity contribution in [3.8, 4) is 0 Å². The normalized spacial score (nSPS) is 12.8. The van der Waals surface area contributed by atoms with Gasteiger partial charge in [-0.3, -0.25) is 0 Å². The summed E-state index contributed by atoms with van der Waals surface area (Å²) in [6, 6.07) is 11.1. The molecule has 0 fully saturated rings. The third-order valence-electron chi connectivity index (χ3n) is 3.72. The first-order valence-electron chi connectivity index (χ1n) is 7.98. The molecule has 0 spiro atoms. The van der Waals surface area contributed by atoms with Crippen LogP contribution < -0.4 is 5.32 Å². The van der Waals surface area contributed by atoms with E-state index in [0.29, 0.717) is 5.92 Å². The molecule has 2 aromatic rings. The fourth-order valence-corrected chi connectivity index (χ4v) is 2.65. The van der Waals surface area contributed by atoms with Gasteiger partial charge in [0.2, 0.25) is 0 Å². The minimum absolute atomic E-state index is 0.146. The largest absolute Gasteiger partial charge is 0.467 e. The predicted octanol–water partition coefficient (Wildman–Crippen LogP) is 4.88. The molecule has 1 heterocycles. The van der Waals surface area contributed by atoms with E-state index in [0.717, 1.165) is 25.1 Å². The van der Waals surface area contributed by atoms with Gasteiger partial charge in [-0.15, -0.1) is 0 Å². The van der Waals surface area contributed by atoms with E-state index in [-0.39, 0.29) is 6.04 Å². The van der Waals surface area contributed by atoms with Crippen molar-refractivity contribution in [2.24, 2.45) is 5.92 Å². The Bertz CT molecular complexity index is 539. The Morgan fingerprint density at radius 3 is 2.33 bits per heavy atom. The summed E-state index contributed by atoms with van der Waals surface area (Å²) in [5, 5.41) is 3.60. The highest BCUT2D eigenvalue weighted by atomic mass is 16.3. The van der Waals surface area contributed by atoms with Crippen LogP contribution in [0.5, 0.6) is 0 Å². The Kier molecular flexibility index (Phi) is 5.63. The zero-order chi connectivity index (χ0) is 15.2. The minimum Gasteiger partial charge on any atom is -0.467 e. The van der Waals surface area contributed by atoms with Crippen molar-refractivity contribution in [3.63, 3.8) is 0 Å². The van der Waals surface area contributed by atoms with Gasteiger partial charge in [-0.05, 0) is 55.0 Å². The van der Waals surface area contributed by atoms with E-state index in [9.17, 15) is 0 Å². The van der Waals surface area contributed by atoms with Gasteiger partial charge >= 0.3 is 0 Å². The second-order valence-electron chi connectivity index (χ2n) is 6.19. The molecule has 1 N–H and O–H groups in total. The lowest BCUT2D eigenvalue weighted by molar-refractivity contribution is 0.444. The zero-order valence-corrected chi connectivity index (χ0v) is 13.6. The average Bonchev–Trinajstić information content (AvgIpc) is 2.87. The first kappa shape index (κ1) is 15.8. The van der Waals surface area contributed by atoms with Crippen molar-refractivity contribution >= 4 is 0 Å². The van der Waals surface area contributed by atoms with Gasteiger partial charge in [0.05, 0.1) is 12.3 Å². The molecule has 1 atom stereocenters. The molecule has 1 aromatic carbocycles. The van der Waals surface area contributed by atoms with Crippen molar-refractivity contribution < 1.29 is 4.42 Å². The third kappa shape index (κ3) is 4.21. The maximum absolute atomic E-state index is 5.71. The van der Waals surface area contributed by atoms with Crippen LogP contribution in [0.4, 0.5) is 0 Å². The molecule has 0 radical (unpaired) electrons. The maximum Gasteiger partial charge on any atom is 0.128 e. The molecule has 0 aliphatic carbocycles. The average molecular weight is 285 g/mol. The van der Waals surface area contributed by atoms with Crippen LogP contribution in [0.15, 0.2) is 41.0 Å². The first-order chi connectivity index (χ1) is 10.1. The molecule has 1 aromatic heterocycles. The summed E-state index contributed by atoms with van der Waals surface area (Å²) in [7, 11) is 0. The highest BCUT2D eigenvalue weighted by Gasteiger charge is 2.18. The first-order valence-corrected chi connectivity index (χ1v) is 7.98. The van der Waals surface area contributed by atoms with Gasteiger partial charge in [-0.25, -0.2) is 0 Å². The quantitative estimate of drug-likeness (QED) is 0.784. The van der Waals surface area contributed by atoms with E-state index >= 15 is 0 Å². The number of nitrogens with one attached hydrogen (secondary N) is 1. The molecule has 21 heavy (non-hydrogen) atoms.